The second-order valence-corrected chi connectivity index (χ2v) is 6.05. The number of rotatable bonds is 2. The van der Waals surface area contributed by atoms with Gasteiger partial charge >= 0.3 is 0 Å². The van der Waals surface area contributed by atoms with Crippen LogP contribution in [0.3, 0.4) is 0 Å². The zero-order valence-electron chi connectivity index (χ0n) is 8.90. The molecular formula is C9H16N2O2S. The summed E-state index contributed by atoms with van der Waals surface area (Å²) in [5.41, 5.74) is -0.450. The highest BCUT2D eigenvalue weighted by molar-refractivity contribution is 7.89. The molecule has 1 aromatic heterocycles. The monoisotopic (exact) mass is 216 g/mol. The Kier molecular flexibility index (Phi) is 2.74. The average Bonchev–Trinajstić information content (AvgIpc) is 2.29. The lowest BCUT2D eigenvalue weighted by atomic mass is 10.1. The minimum Gasteiger partial charge on any atom is -0.356 e. The third-order valence-corrected chi connectivity index (χ3v) is 3.30. The molecule has 80 valence electrons. The van der Waals surface area contributed by atoms with Crippen LogP contribution in [0.1, 0.15) is 20.8 Å². The van der Waals surface area contributed by atoms with Gasteiger partial charge in [0.05, 0.1) is 4.90 Å². The lowest BCUT2D eigenvalue weighted by Crippen LogP contribution is -2.40. The maximum atomic E-state index is 11.7. The van der Waals surface area contributed by atoms with Crippen LogP contribution in [0.2, 0.25) is 0 Å². The summed E-state index contributed by atoms with van der Waals surface area (Å²) < 4.78 is 27.8. The molecule has 0 saturated heterocycles. The largest absolute Gasteiger partial charge is 0.356 e. The van der Waals surface area contributed by atoms with Gasteiger partial charge in [0, 0.05) is 25.0 Å². The van der Waals surface area contributed by atoms with E-state index >= 15 is 0 Å². The van der Waals surface area contributed by atoms with E-state index in [1.54, 1.807) is 30.1 Å². The minimum atomic E-state index is -3.37. The molecule has 1 rings (SSSR count). The summed E-state index contributed by atoms with van der Waals surface area (Å²) in [6.45, 7) is 5.44. The number of nitrogens with one attached hydrogen (secondary N) is 1. The molecule has 4 nitrogen and oxygen atoms in total. The Morgan fingerprint density at radius 3 is 2.29 bits per heavy atom. The molecule has 1 heterocycles. The Balaban J connectivity index is 2.98. The molecular weight excluding hydrogens is 200 g/mol. The predicted molar refractivity (Wildman–Crippen MR) is 55.5 cm³/mol. The molecule has 0 unspecified atom stereocenters. The smallest absolute Gasteiger partial charge is 0.242 e. The van der Waals surface area contributed by atoms with Gasteiger partial charge in [-0.15, -0.1) is 0 Å². The fourth-order valence-electron chi connectivity index (χ4n) is 1.10. The van der Waals surface area contributed by atoms with E-state index in [2.05, 4.69) is 4.72 Å². The number of aryl methyl sites for hydroxylation is 1. The first-order valence-corrected chi connectivity index (χ1v) is 5.85. The van der Waals surface area contributed by atoms with Crippen molar-refractivity contribution in [2.75, 3.05) is 0 Å². The Hall–Kier alpha value is -0.810. The van der Waals surface area contributed by atoms with Gasteiger partial charge in [0.25, 0.3) is 0 Å². The van der Waals surface area contributed by atoms with Crippen molar-refractivity contribution in [2.45, 2.75) is 31.2 Å². The topological polar surface area (TPSA) is 51.1 Å². The van der Waals surface area contributed by atoms with Crippen molar-refractivity contribution >= 4 is 10.0 Å². The van der Waals surface area contributed by atoms with E-state index < -0.39 is 15.6 Å². The van der Waals surface area contributed by atoms with Crippen molar-refractivity contribution < 1.29 is 8.42 Å². The van der Waals surface area contributed by atoms with Crippen LogP contribution < -0.4 is 4.72 Å². The molecule has 1 aromatic rings. The SMILES string of the molecule is Cn1ccc(S(=O)(=O)NC(C)(C)C)c1. The van der Waals surface area contributed by atoms with Gasteiger partial charge in [0.15, 0.2) is 0 Å². The molecule has 0 spiro atoms. The van der Waals surface area contributed by atoms with Crippen LogP contribution >= 0.6 is 0 Å². The van der Waals surface area contributed by atoms with E-state index in [4.69, 9.17) is 0 Å². The van der Waals surface area contributed by atoms with E-state index in [1.165, 1.54) is 0 Å². The van der Waals surface area contributed by atoms with Crippen molar-refractivity contribution in [1.29, 1.82) is 0 Å². The lowest BCUT2D eigenvalue weighted by molar-refractivity contribution is 0.491. The molecule has 0 aromatic carbocycles. The zero-order valence-corrected chi connectivity index (χ0v) is 9.72. The fourth-order valence-corrected chi connectivity index (χ4v) is 2.57. The summed E-state index contributed by atoms with van der Waals surface area (Å²) in [5.74, 6) is 0. The number of sulfonamides is 1. The summed E-state index contributed by atoms with van der Waals surface area (Å²) in [5, 5.41) is 0. The van der Waals surface area contributed by atoms with Gasteiger partial charge < -0.3 is 4.57 Å². The first-order valence-electron chi connectivity index (χ1n) is 4.37. The minimum absolute atomic E-state index is 0.301. The van der Waals surface area contributed by atoms with Gasteiger partial charge in [-0.05, 0) is 26.8 Å². The molecule has 5 heteroatoms. The van der Waals surface area contributed by atoms with Gasteiger partial charge in [-0.3, -0.25) is 0 Å². The fraction of sp³-hybridized carbons (Fsp3) is 0.556. The number of hydrogen-bond acceptors (Lipinski definition) is 2. The molecule has 0 aliphatic rings. The number of nitrogens with zero attached hydrogens (tertiary/aromatic N) is 1. The first-order chi connectivity index (χ1) is 6.21. The third kappa shape index (κ3) is 2.85. The molecule has 0 atom stereocenters. The molecule has 0 aliphatic carbocycles. The highest BCUT2D eigenvalue weighted by Gasteiger charge is 2.22. The summed E-state index contributed by atoms with van der Waals surface area (Å²) >= 11 is 0. The van der Waals surface area contributed by atoms with Gasteiger partial charge in [-0.2, -0.15) is 0 Å². The molecule has 0 radical (unpaired) electrons. The van der Waals surface area contributed by atoms with E-state index in [1.807, 2.05) is 20.8 Å². The van der Waals surface area contributed by atoms with Crippen molar-refractivity contribution in [3.63, 3.8) is 0 Å². The highest BCUT2D eigenvalue weighted by Crippen LogP contribution is 2.12. The number of hydrogen-bond donors (Lipinski definition) is 1. The summed E-state index contributed by atoms with van der Waals surface area (Å²) in [7, 11) is -1.58. The molecule has 0 bridgehead atoms. The van der Waals surface area contributed by atoms with Gasteiger partial charge in [0.1, 0.15) is 0 Å². The molecule has 1 N–H and O–H groups in total. The Morgan fingerprint density at radius 2 is 1.93 bits per heavy atom. The van der Waals surface area contributed by atoms with E-state index in [0.717, 1.165) is 0 Å². The van der Waals surface area contributed by atoms with Crippen LogP contribution in [0.25, 0.3) is 0 Å². The second kappa shape index (κ2) is 3.40. The Labute approximate surface area is 85.0 Å². The molecule has 0 saturated carbocycles. The first kappa shape index (κ1) is 11.3. The van der Waals surface area contributed by atoms with Crippen molar-refractivity contribution in [1.82, 2.24) is 9.29 Å². The van der Waals surface area contributed by atoms with Crippen molar-refractivity contribution in [3.05, 3.63) is 18.5 Å². The molecule has 0 fully saturated rings. The zero-order chi connectivity index (χ0) is 11.0. The summed E-state index contributed by atoms with van der Waals surface area (Å²) in [6.07, 6.45) is 3.28. The second-order valence-electron chi connectivity index (χ2n) is 4.37. The normalized spacial score (nSPS) is 13.1. The molecule has 0 aliphatic heterocycles. The highest BCUT2D eigenvalue weighted by atomic mass is 32.2. The number of aromatic nitrogens is 1. The lowest BCUT2D eigenvalue weighted by Gasteiger charge is -2.19. The Morgan fingerprint density at radius 1 is 1.36 bits per heavy atom. The van der Waals surface area contributed by atoms with Crippen molar-refractivity contribution in [2.24, 2.45) is 7.05 Å². The molecule has 14 heavy (non-hydrogen) atoms. The average molecular weight is 216 g/mol. The maximum Gasteiger partial charge on any atom is 0.242 e. The van der Waals surface area contributed by atoms with Crippen LogP contribution in [-0.2, 0) is 17.1 Å². The van der Waals surface area contributed by atoms with Crippen LogP contribution in [0.4, 0.5) is 0 Å². The predicted octanol–water partition coefficient (Wildman–Crippen LogP) is 1.10. The standard InChI is InChI=1S/C9H16N2O2S/c1-9(2,3)10-14(12,13)8-5-6-11(4)7-8/h5-7,10H,1-4H3. The third-order valence-electron chi connectivity index (χ3n) is 1.56. The quantitative estimate of drug-likeness (QED) is 0.805. The van der Waals surface area contributed by atoms with Crippen LogP contribution in [0.5, 0.6) is 0 Å². The molecule has 0 amide bonds. The van der Waals surface area contributed by atoms with Gasteiger partial charge in [-0.1, -0.05) is 0 Å². The summed E-state index contributed by atoms with van der Waals surface area (Å²) in [4.78, 5) is 0.301. The van der Waals surface area contributed by atoms with Crippen molar-refractivity contribution in [3.8, 4) is 0 Å². The van der Waals surface area contributed by atoms with Crippen LogP contribution in [0.15, 0.2) is 23.4 Å². The summed E-state index contributed by atoms with van der Waals surface area (Å²) in [6, 6.07) is 1.58. The van der Waals surface area contributed by atoms with Crippen LogP contribution in [-0.4, -0.2) is 18.5 Å². The van der Waals surface area contributed by atoms with E-state index in [-0.39, 0.29) is 0 Å². The van der Waals surface area contributed by atoms with E-state index in [9.17, 15) is 8.42 Å². The maximum absolute atomic E-state index is 11.7. The van der Waals surface area contributed by atoms with Crippen LogP contribution in [0, 0.1) is 0 Å². The Bertz CT molecular complexity index is 412. The van der Waals surface area contributed by atoms with Gasteiger partial charge in [0.2, 0.25) is 10.0 Å². The van der Waals surface area contributed by atoms with Gasteiger partial charge in [-0.25, -0.2) is 13.1 Å². The van der Waals surface area contributed by atoms with E-state index in [0.29, 0.717) is 4.90 Å².